The summed E-state index contributed by atoms with van der Waals surface area (Å²) in [6.07, 6.45) is 1.10. The average Bonchev–Trinajstić information content (AvgIpc) is 2.75. The van der Waals surface area contributed by atoms with E-state index >= 15 is 0 Å². The van der Waals surface area contributed by atoms with Gasteiger partial charge >= 0.3 is 0 Å². The van der Waals surface area contributed by atoms with E-state index in [0.717, 1.165) is 16.7 Å². The zero-order valence-electron chi connectivity index (χ0n) is 20.2. The molecule has 1 heterocycles. The smallest absolute Gasteiger partial charge is 0.243 e. The van der Waals surface area contributed by atoms with Gasteiger partial charge in [0.25, 0.3) is 0 Å². The van der Waals surface area contributed by atoms with Gasteiger partial charge < -0.3 is 4.90 Å². The Bertz CT molecular complexity index is 1060. The molecule has 0 atom stereocenters. The largest absolute Gasteiger partial charge is 0.341 e. The van der Waals surface area contributed by atoms with Crippen LogP contribution < -0.4 is 0 Å². The highest BCUT2D eigenvalue weighted by atomic mass is 32.2. The van der Waals surface area contributed by atoms with Gasteiger partial charge in [-0.15, -0.1) is 0 Å². The number of aryl methyl sites for hydroxylation is 2. The first-order valence-electron chi connectivity index (χ1n) is 11.3. The van der Waals surface area contributed by atoms with E-state index in [-0.39, 0.29) is 17.2 Å². The molecule has 0 unspecified atom stereocenters. The SMILES string of the molecule is Cc1ccc(S(=O)(=O)N2CCC(C(=O)N(C)Cc3ccc(C(C)(C)C)cc3)CC2)cc1C. The lowest BCUT2D eigenvalue weighted by Gasteiger charge is -2.32. The molecule has 0 N–H and O–H groups in total. The Morgan fingerprint density at radius 1 is 1.00 bits per heavy atom. The molecular weight excluding hydrogens is 420 g/mol. The van der Waals surface area contributed by atoms with Crippen molar-refractivity contribution in [1.29, 1.82) is 0 Å². The van der Waals surface area contributed by atoms with Crippen LogP contribution in [0.3, 0.4) is 0 Å². The van der Waals surface area contributed by atoms with Crippen LogP contribution in [0.25, 0.3) is 0 Å². The number of nitrogens with zero attached hydrogens (tertiary/aromatic N) is 2. The van der Waals surface area contributed by atoms with Gasteiger partial charge in [0, 0.05) is 32.6 Å². The summed E-state index contributed by atoms with van der Waals surface area (Å²) < 4.78 is 27.6. The first kappa shape index (κ1) is 24.5. The van der Waals surface area contributed by atoms with Gasteiger partial charge in [0.1, 0.15) is 0 Å². The molecule has 2 aromatic carbocycles. The third-order valence-corrected chi connectivity index (χ3v) is 8.43. The molecule has 0 radical (unpaired) electrons. The molecule has 174 valence electrons. The Morgan fingerprint density at radius 2 is 1.59 bits per heavy atom. The molecule has 0 aliphatic carbocycles. The summed E-state index contributed by atoms with van der Waals surface area (Å²) >= 11 is 0. The van der Waals surface area contributed by atoms with Gasteiger partial charge in [0.15, 0.2) is 0 Å². The van der Waals surface area contributed by atoms with Crippen molar-refractivity contribution in [2.75, 3.05) is 20.1 Å². The monoisotopic (exact) mass is 456 g/mol. The second-order valence-electron chi connectivity index (χ2n) is 10.1. The van der Waals surface area contributed by atoms with Crippen LogP contribution in [0, 0.1) is 19.8 Å². The summed E-state index contributed by atoms with van der Waals surface area (Å²) in [5.41, 5.74) is 4.51. The molecule has 1 saturated heterocycles. The second kappa shape index (κ2) is 9.36. The molecule has 0 aromatic heterocycles. The molecule has 0 bridgehead atoms. The summed E-state index contributed by atoms with van der Waals surface area (Å²) in [6, 6.07) is 13.7. The third-order valence-electron chi connectivity index (χ3n) is 6.54. The van der Waals surface area contributed by atoms with Crippen molar-refractivity contribution in [1.82, 2.24) is 9.21 Å². The van der Waals surface area contributed by atoms with Crippen molar-refractivity contribution in [3.8, 4) is 0 Å². The molecule has 1 aliphatic heterocycles. The highest BCUT2D eigenvalue weighted by Crippen LogP contribution is 2.27. The van der Waals surface area contributed by atoms with E-state index in [1.807, 2.05) is 27.0 Å². The molecule has 0 saturated carbocycles. The summed E-state index contributed by atoms with van der Waals surface area (Å²) in [5, 5.41) is 0. The first-order valence-corrected chi connectivity index (χ1v) is 12.8. The number of carbonyl (C=O) groups excluding carboxylic acids is 1. The Kier molecular flexibility index (Phi) is 7.15. The predicted octanol–water partition coefficient (Wildman–Crippen LogP) is 4.66. The molecule has 5 nitrogen and oxygen atoms in total. The molecular formula is C26H36N2O3S. The lowest BCUT2D eigenvalue weighted by Crippen LogP contribution is -2.43. The van der Waals surface area contributed by atoms with Crippen LogP contribution in [0.1, 0.15) is 55.9 Å². The molecule has 1 amide bonds. The molecule has 32 heavy (non-hydrogen) atoms. The van der Waals surface area contributed by atoms with Gasteiger partial charge in [-0.2, -0.15) is 4.31 Å². The molecule has 0 spiro atoms. The van der Waals surface area contributed by atoms with Gasteiger partial charge in [0.05, 0.1) is 4.90 Å². The van der Waals surface area contributed by atoms with E-state index in [1.165, 1.54) is 9.87 Å². The fraction of sp³-hybridized carbons (Fsp3) is 0.500. The average molecular weight is 457 g/mol. The molecule has 1 fully saturated rings. The van der Waals surface area contributed by atoms with Crippen molar-refractivity contribution in [3.63, 3.8) is 0 Å². The molecule has 6 heteroatoms. The molecule has 3 rings (SSSR count). The van der Waals surface area contributed by atoms with Crippen molar-refractivity contribution in [3.05, 3.63) is 64.7 Å². The number of carbonyl (C=O) groups is 1. The van der Waals surface area contributed by atoms with Gasteiger partial charge in [-0.3, -0.25) is 4.79 Å². The Morgan fingerprint density at radius 3 is 2.12 bits per heavy atom. The minimum absolute atomic E-state index is 0.0909. The van der Waals surface area contributed by atoms with Crippen LogP contribution >= 0.6 is 0 Å². The number of sulfonamides is 1. The molecule has 2 aromatic rings. The van der Waals surface area contributed by atoms with E-state index < -0.39 is 10.0 Å². The number of rotatable bonds is 5. The fourth-order valence-electron chi connectivity index (χ4n) is 4.14. The van der Waals surface area contributed by atoms with Gasteiger partial charge in [-0.25, -0.2) is 8.42 Å². The van der Waals surface area contributed by atoms with Crippen LogP contribution in [-0.4, -0.2) is 43.7 Å². The highest BCUT2D eigenvalue weighted by Gasteiger charge is 2.33. The van der Waals surface area contributed by atoms with Crippen molar-refractivity contribution in [2.45, 2.75) is 64.3 Å². The minimum atomic E-state index is -3.53. The maximum absolute atomic E-state index is 13.0. The standard InChI is InChI=1S/C26H36N2O3S/c1-19-7-12-24(17-20(19)2)32(30,31)28-15-13-22(14-16-28)25(29)27(6)18-21-8-10-23(11-9-21)26(3,4)5/h7-12,17,22H,13-16,18H2,1-6H3. The lowest BCUT2D eigenvalue weighted by atomic mass is 9.86. The lowest BCUT2D eigenvalue weighted by molar-refractivity contribution is -0.135. The fourth-order valence-corrected chi connectivity index (χ4v) is 5.70. The topological polar surface area (TPSA) is 57.7 Å². The molecule has 1 aliphatic rings. The number of hydrogen-bond acceptors (Lipinski definition) is 3. The summed E-state index contributed by atoms with van der Waals surface area (Å²) in [7, 11) is -1.70. The number of benzene rings is 2. The first-order chi connectivity index (χ1) is 14.9. The van der Waals surface area contributed by atoms with Crippen molar-refractivity contribution >= 4 is 15.9 Å². The van der Waals surface area contributed by atoms with Crippen LogP contribution in [0.5, 0.6) is 0 Å². The van der Waals surface area contributed by atoms with E-state index in [4.69, 9.17) is 0 Å². The highest BCUT2D eigenvalue weighted by molar-refractivity contribution is 7.89. The quantitative estimate of drug-likeness (QED) is 0.657. The van der Waals surface area contributed by atoms with Crippen LogP contribution in [-0.2, 0) is 26.8 Å². The summed E-state index contributed by atoms with van der Waals surface area (Å²) in [6.45, 7) is 11.8. The van der Waals surface area contributed by atoms with Crippen molar-refractivity contribution in [2.24, 2.45) is 5.92 Å². The second-order valence-corrected chi connectivity index (χ2v) is 12.0. The van der Waals surface area contributed by atoms with Crippen molar-refractivity contribution < 1.29 is 13.2 Å². The Labute approximate surface area is 193 Å². The summed E-state index contributed by atoms with van der Waals surface area (Å²) in [5.74, 6) is -0.0480. The van der Waals surface area contributed by atoms with E-state index in [9.17, 15) is 13.2 Å². The van der Waals surface area contributed by atoms with Gasteiger partial charge in [-0.1, -0.05) is 51.1 Å². The number of amides is 1. The zero-order valence-corrected chi connectivity index (χ0v) is 21.0. The van der Waals surface area contributed by atoms with E-state index in [1.54, 1.807) is 17.0 Å². The Hall–Kier alpha value is -2.18. The normalized spacial score (nSPS) is 16.2. The van der Waals surface area contributed by atoms with Gasteiger partial charge in [-0.05, 0) is 66.5 Å². The van der Waals surface area contributed by atoms with Crippen LogP contribution in [0.4, 0.5) is 0 Å². The van der Waals surface area contributed by atoms with Crippen LogP contribution in [0.2, 0.25) is 0 Å². The Balaban J connectivity index is 1.59. The van der Waals surface area contributed by atoms with E-state index in [2.05, 4.69) is 45.0 Å². The number of hydrogen-bond donors (Lipinski definition) is 0. The summed E-state index contributed by atoms with van der Waals surface area (Å²) in [4.78, 5) is 15.1. The van der Waals surface area contributed by atoms with E-state index in [0.29, 0.717) is 37.4 Å². The number of piperidine rings is 1. The maximum atomic E-state index is 13.0. The predicted molar refractivity (Wildman–Crippen MR) is 129 cm³/mol. The zero-order chi connectivity index (χ0) is 23.7. The van der Waals surface area contributed by atoms with Crippen LogP contribution in [0.15, 0.2) is 47.4 Å². The maximum Gasteiger partial charge on any atom is 0.243 e. The van der Waals surface area contributed by atoms with Gasteiger partial charge in [0.2, 0.25) is 15.9 Å². The third kappa shape index (κ3) is 5.41. The minimum Gasteiger partial charge on any atom is -0.341 e.